The summed E-state index contributed by atoms with van der Waals surface area (Å²) in [6, 6.07) is 5.25. The van der Waals surface area contributed by atoms with E-state index in [4.69, 9.17) is 0 Å². The molecule has 0 saturated heterocycles. The number of rotatable bonds is 2. The van der Waals surface area contributed by atoms with Gasteiger partial charge in [-0.3, -0.25) is 0 Å². The van der Waals surface area contributed by atoms with E-state index in [0.29, 0.717) is 17.4 Å². The molecule has 88 valence electrons. The Kier molecular flexibility index (Phi) is 2.62. The molecule has 0 amide bonds. The first-order chi connectivity index (χ1) is 7.39. The Morgan fingerprint density at radius 3 is 1.94 bits per heavy atom. The Morgan fingerprint density at radius 1 is 1.06 bits per heavy atom. The van der Waals surface area contributed by atoms with Crippen LogP contribution in [0, 0.1) is 26.2 Å². The van der Waals surface area contributed by atoms with Gasteiger partial charge in [-0.2, -0.15) is 0 Å². The van der Waals surface area contributed by atoms with Crippen LogP contribution < -0.4 is 5.32 Å². The van der Waals surface area contributed by atoms with Gasteiger partial charge in [-0.25, -0.2) is 0 Å². The summed E-state index contributed by atoms with van der Waals surface area (Å²) in [6.07, 6.45) is 0. The third-order valence-corrected chi connectivity index (χ3v) is 4.19. The van der Waals surface area contributed by atoms with Crippen molar-refractivity contribution in [1.82, 2.24) is 5.32 Å². The molecular formula is C15H23N. The lowest BCUT2D eigenvalue weighted by Crippen LogP contribution is -2.14. The van der Waals surface area contributed by atoms with Crippen LogP contribution in [0.25, 0.3) is 0 Å². The second-order valence-corrected chi connectivity index (χ2v) is 5.88. The molecule has 1 aliphatic carbocycles. The monoisotopic (exact) mass is 217 g/mol. The first-order valence-electron chi connectivity index (χ1n) is 6.14. The van der Waals surface area contributed by atoms with Crippen molar-refractivity contribution in [1.29, 1.82) is 0 Å². The van der Waals surface area contributed by atoms with Gasteiger partial charge < -0.3 is 5.32 Å². The van der Waals surface area contributed by atoms with Crippen LogP contribution in [0.4, 0.5) is 0 Å². The van der Waals surface area contributed by atoms with Crippen LogP contribution in [0.3, 0.4) is 0 Å². The molecule has 0 bridgehead atoms. The van der Waals surface area contributed by atoms with Crippen LogP contribution >= 0.6 is 0 Å². The zero-order valence-electron chi connectivity index (χ0n) is 11.3. The molecule has 1 aromatic rings. The smallest absolute Gasteiger partial charge is 0.0196 e. The van der Waals surface area contributed by atoms with Crippen LogP contribution in [-0.4, -0.2) is 13.1 Å². The molecule has 1 aliphatic rings. The molecule has 1 nitrogen and oxygen atoms in total. The van der Waals surface area contributed by atoms with Gasteiger partial charge in [0.2, 0.25) is 0 Å². The first-order valence-corrected chi connectivity index (χ1v) is 6.14. The summed E-state index contributed by atoms with van der Waals surface area (Å²) < 4.78 is 0. The minimum absolute atomic E-state index is 0.402. The van der Waals surface area contributed by atoms with Gasteiger partial charge in [0.05, 0.1) is 0 Å². The summed E-state index contributed by atoms with van der Waals surface area (Å²) in [4.78, 5) is 0. The van der Waals surface area contributed by atoms with E-state index < -0.39 is 0 Å². The van der Waals surface area contributed by atoms with Crippen molar-refractivity contribution >= 4 is 0 Å². The topological polar surface area (TPSA) is 12.0 Å². The summed E-state index contributed by atoms with van der Waals surface area (Å²) in [6.45, 7) is 11.4. The summed E-state index contributed by atoms with van der Waals surface area (Å²) in [7, 11) is 2.07. The Hall–Kier alpha value is -0.820. The minimum atomic E-state index is 0.402. The first kappa shape index (κ1) is 11.7. The molecule has 0 spiro atoms. The van der Waals surface area contributed by atoms with Gasteiger partial charge in [-0.1, -0.05) is 31.5 Å². The number of aryl methyl sites for hydroxylation is 3. The van der Waals surface area contributed by atoms with E-state index in [1.165, 1.54) is 16.7 Å². The quantitative estimate of drug-likeness (QED) is 0.801. The van der Waals surface area contributed by atoms with Gasteiger partial charge >= 0.3 is 0 Å². The Morgan fingerprint density at radius 2 is 1.56 bits per heavy atom. The van der Waals surface area contributed by atoms with Gasteiger partial charge in [-0.05, 0) is 49.9 Å². The van der Waals surface area contributed by atoms with E-state index in [0.717, 1.165) is 0 Å². The molecule has 1 N–H and O–H groups in total. The predicted molar refractivity (Wildman–Crippen MR) is 70.0 cm³/mol. The van der Waals surface area contributed by atoms with Crippen LogP contribution in [0.1, 0.15) is 42.0 Å². The normalized spacial score (nSPS) is 26.9. The highest BCUT2D eigenvalue weighted by atomic mass is 15.0. The largest absolute Gasteiger partial charge is 0.316 e. The van der Waals surface area contributed by atoms with Crippen molar-refractivity contribution in [2.75, 3.05) is 7.05 Å². The highest BCUT2D eigenvalue weighted by Crippen LogP contribution is 2.59. The molecule has 0 radical (unpaired) electrons. The maximum atomic E-state index is 3.45. The van der Waals surface area contributed by atoms with Crippen LogP contribution in [0.2, 0.25) is 0 Å². The van der Waals surface area contributed by atoms with E-state index in [2.05, 4.69) is 59.1 Å². The summed E-state index contributed by atoms with van der Waals surface area (Å²) >= 11 is 0. The maximum Gasteiger partial charge on any atom is 0.0196 e. The third-order valence-electron chi connectivity index (χ3n) is 4.19. The molecule has 0 aliphatic heterocycles. The van der Waals surface area contributed by atoms with Gasteiger partial charge in [-0.15, -0.1) is 0 Å². The molecule has 0 heterocycles. The molecular weight excluding hydrogens is 194 g/mol. The summed E-state index contributed by atoms with van der Waals surface area (Å²) in [5.74, 6) is 0.679. The van der Waals surface area contributed by atoms with Gasteiger partial charge in [0.1, 0.15) is 0 Å². The number of hydrogen-bond donors (Lipinski definition) is 1. The van der Waals surface area contributed by atoms with E-state index >= 15 is 0 Å². The molecule has 1 fully saturated rings. The lowest BCUT2D eigenvalue weighted by molar-refractivity contribution is 0.566. The third kappa shape index (κ3) is 1.58. The second-order valence-electron chi connectivity index (χ2n) is 5.88. The van der Waals surface area contributed by atoms with Crippen molar-refractivity contribution < 1.29 is 0 Å². The zero-order chi connectivity index (χ0) is 12.1. The van der Waals surface area contributed by atoms with E-state index in [-0.39, 0.29) is 0 Å². The number of benzene rings is 1. The van der Waals surface area contributed by atoms with Crippen LogP contribution in [0.15, 0.2) is 12.1 Å². The fraction of sp³-hybridized carbons (Fsp3) is 0.600. The zero-order valence-corrected chi connectivity index (χ0v) is 11.3. The van der Waals surface area contributed by atoms with Crippen molar-refractivity contribution in [3.63, 3.8) is 0 Å². The van der Waals surface area contributed by atoms with Gasteiger partial charge in [0.15, 0.2) is 0 Å². The molecule has 2 unspecified atom stereocenters. The number of nitrogens with one attached hydrogen (secondary N) is 1. The summed E-state index contributed by atoms with van der Waals surface area (Å²) in [5.41, 5.74) is 6.24. The average Bonchev–Trinajstić information content (AvgIpc) is 2.66. The SMILES string of the molecule is CNC1C(c2c(C)cc(C)cc2C)C1(C)C. The van der Waals surface area contributed by atoms with Crippen molar-refractivity contribution in [2.45, 2.75) is 46.6 Å². The van der Waals surface area contributed by atoms with Crippen molar-refractivity contribution in [2.24, 2.45) is 5.41 Å². The van der Waals surface area contributed by atoms with E-state index in [9.17, 15) is 0 Å². The molecule has 2 rings (SSSR count). The Labute approximate surface area is 99.3 Å². The Bertz CT molecular complexity index is 394. The molecule has 1 saturated carbocycles. The molecule has 1 heteroatoms. The van der Waals surface area contributed by atoms with Crippen LogP contribution in [-0.2, 0) is 0 Å². The number of likely N-dealkylation sites (N-methyl/N-ethyl adjacent to an activating group) is 1. The second kappa shape index (κ2) is 3.59. The standard InChI is InChI=1S/C15H23N/c1-9-7-10(2)12(11(3)8-9)13-14(16-6)15(13,4)5/h7-8,13-14,16H,1-6H3. The highest BCUT2D eigenvalue weighted by molar-refractivity contribution is 5.46. The van der Waals surface area contributed by atoms with E-state index in [1.54, 1.807) is 5.56 Å². The molecule has 16 heavy (non-hydrogen) atoms. The van der Waals surface area contributed by atoms with Gasteiger partial charge in [0.25, 0.3) is 0 Å². The fourth-order valence-electron chi connectivity index (χ4n) is 3.40. The van der Waals surface area contributed by atoms with Crippen LogP contribution in [0.5, 0.6) is 0 Å². The lowest BCUT2D eigenvalue weighted by atomic mass is 9.93. The van der Waals surface area contributed by atoms with Gasteiger partial charge in [0, 0.05) is 12.0 Å². The van der Waals surface area contributed by atoms with Crippen molar-refractivity contribution in [3.05, 3.63) is 34.4 Å². The Balaban J connectivity index is 2.44. The van der Waals surface area contributed by atoms with Crippen molar-refractivity contribution in [3.8, 4) is 0 Å². The average molecular weight is 217 g/mol. The van der Waals surface area contributed by atoms with E-state index in [1.807, 2.05) is 0 Å². The molecule has 0 aromatic heterocycles. The minimum Gasteiger partial charge on any atom is -0.316 e. The maximum absolute atomic E-state index is 3.45. The predicted octanol–water partition coefficient (Wildman–Crippen LogP) is 3.32. The fourth-order valence-corrected chi connectivity index (χ4v) is 3.40. The number of hydrogen-bond acceptors (Lipinski definition) is 1. The molecule has 1 aromatic carbocycles. The summed E-state index contributed by atoms with van der Waals surface area (Å²) in [5, 5.41) is 3.45. The lowest BCUT2D eigenvalue weighted by Gasteiger charge is -2.12. The molecule has 2 atom stereocenters. The highest BCUT2D eigenvalue weighted by Gasteiger charge is 2.58.